The van der Waals surface area contributed by atoms with E-state index in [-0.39, 0.29) is 11.9 Å². The fraction of sp³-hybridized carbons (Fsp3) is 0.400. The average Bonchev–Trinajstić information content (AvgIpc) is 3.02. The summed E-state index contributed by atoms with van der Waals surface area (Å²) in [7, 11) is 0. The van der Waals surface area contributed by atoms with E-state index in [1.54, 1.807) is 0 Å². The predicted molar refractivity (Wildman–Crippen MR) is 99.7 cm³/mol. The molecule has 1 aromatic carbocycles. The molecule has 1 aliphatic rings. The number of hydrogen-bond donors (Lipinski definition) is 1. The van der Waals surface area contributed by atoms with Crippen molar-refractivity contribution in [2.75, 3.05) is 0 Å². The number of aryl methyl sites for hydroxylation is 4. The third-order valence-electron chi connectivity index (χ3n) is 4.99. The molecule has 0 saturated carbocycles. The molecule has 0 unspecified atom stereocenters. The summed E-state index contributed by atoms with van der Waals surface area (Å²) in [5, 5.41) is 8.68. The van der Waals surface area contributed by atoms with Crippen LogP contribution in [0.3, 0.4) is 0 Å². The third-order valence-corrected chi connectivity index (χ3v) is 4.99. The number of amides is 1. The van der Waals surface area contributed by atoms with Gasteiger partial charge in [-0.3, -0.25) is 9.48 Å². The van der Waals surface area contributed by atoms with Gasteiger partial charge in [0.15, 0.2) is 0 Å². The first-order valence-electron chi connectivity index (χ1n) is 9.14. The Morgan fingerprint density at radius 2 is 2.19 bits per heavy atom. The lowest BCUT2D eigenvalue weighted by Crippen LogP contribution is -2.32. The minimum Gasteiger partial charge on any atom is -0.349 e. The van der Waals surface area contributed by atoms with E-state index in [0.717, 1.165) is 47.2 Å². The lowest BCUT2D eigenvalue weighted by molar-refractivity contribution is -0.122. The number of nitrogens with one attached hydrogen (secondary N) is 1. The summed E-state index contributed by atoms with van der Waals surface area (Å²) in [6.45, 7) is 4.54. The Bertz CT molecular complexity index is 962. The summed E-state index contributed by atoms with van der Waals surface area (Å²) in [4.78, 5) is 21.3. The van der Waals surface area contributed by atoms with Crippen molar-refractivity contribution in [2.24, 2.45) is 0 Å². The Hall–Kier alpha value is -2.76. The molecular weight excluding hydrogens is 326 g/mol. The van der Waals surface area contributed by atoms with E-state index in [4.69, 9.17) is 0 Å². The number of hydrogen-bond acceptors (Lipinski definition) is 4. The number of carbonyl (C=O) groups is 1. The molecule has 0 saturated heterocycles. The highest BCUT2D eigenvalue weighted by molar-refractivity contribution is 5.80. The van der Waals surface area contributed by atoms with Crippen molar-refractivity contribution in [1.29, 1.82) is 0 Å². The summed E-state index contributed by atoms with van der Waals surface area (Å²) in [6, 6.07) is 6.26. The van der Waals surface area contributed by atoms with Gasteiger partial charge in [0.25, 0.3) is 0 Å². The zero-order chi connectivity index (χ0) is 18.1. The van der Waals surface area contributed by atoms with E-state index in [0.29, 0.717) is 13.0 Å². The first-order valence-corrected chi connectivity index (χ1v) is 9.14. The van der Waals surface area contributed by atoms with Gasteiger partial charge in [0.1, 0.15) is 5.82 Å². The molecular formula is C20H23N5O. The minimum atomic E-state index is 0.0175. The normalized spacial score (nSPS) is 16.5. The van der Waals surface area contributed by atoms with Crippen molar-refractivity contribution in [1.82, 2.24) is 25.1 Å². The van der Waals surface area contributed by atoms with Gasteiger partial charge in [-0.25, -0.2) is 9.97 Å². The highest BCUT2D eigenvalue weighted by Gasteiger charge is 2.23. The van der Waals surface area contributed by atoms with Gasteiger partial charge in [-0.05, 0) is 45.2 Å². The van der Waals surface area contributed by atoms with Gasteiger partial charge in [0.2, 0.25) is 5.91 Å². The maximum absolute atomic E-state index is 12.5. The summed E-state index contributed by atoms with van der Waals surface area (Å²) >= 11 is 0. The molecule has 0 spiro atoms. The summed E-state index contributed by atoms with van der Waals surface area (Å²) in [5.41, 5.74) is 4.41. The van der Waals surface area contributed by atoms with Crippen LogP contribution in [0, 0.1) is 13.8 Å². The van der Waals surface area contributed by atoms with Gasteiger partial charge in [-0.15, -0.1) is 0 Å². The molecule has 0 radical (unpaired) electrons. The van der Waals surface area contributed by atoms with Crippen molar-refractivity contribution >= 4 is 16.8 Å². The van der Waals surface area contributed by atoms with Crippen molar-refractivity contribution in [3.63, 3.8) is 0 Å². The number of aromatic nitrogens is 4. The molecule has 6 nitrogen and oxygen atoms in total. The Morgan fingerprint density at radius 1 is 1.31 bits per heavy atom. The van der Waals surface area contributed by atoms with Crippen molar-refractivity contribution in [3.8, 4) is 0 Å². The van der Waals surface area contributed by atoms with Crippen LogP contribution < -0.4 is 5.32 Å². The first-order chi connectivity index (χ1) is 12.6. The van der Waals surface area contributed by atoms with Gasteiger partial charge in [0.05, 0.1) is 24.3 Å². The molecule has 0 fully saturated rings. The molecule has 1 amide bonds. The van der Waals surface area contributed by atoms with Crippen LogP contribution in [0.4, 0.5) is 0 Å². The second-order valence-electron chi connectivity index (χ2n) is 7.01. The molecule has 1 atom stereocenters. The topological polar surface area (TPSA) is 72.7 Å². The van der Waals surface area contributed by atoms with Gasteiger partial charge in [-0.2, -0.15) is 5.10 Å². The molecule has 3 aromatic rings. The monoisotopic (exact) mass is 349 g/mol. The largest absolute Gasteiger partial charge is 0.349 e. The van der Waals surface area contributed by atoms with E-state index < -0.39 is 0 Å². The standard InChI is InChI=1S/C20H23N5O/c1-13-6-7-19-15(10-13)11-22-25(19)9-8-20(26)24-18-5-3-4-17-16(18)12-21-14(2)23-17/h6-7,10-12,18H,3-5,8-9H2,1-2H3,(H,24,26)/t18-/m0/s1. The number of rotatable bonds is 4. The smallest absolute Gasteiger partial charge is 0.222 e. The zero-order valence-electron chi connectivity index (χ0n) is 15.2. The van der Waals surface area contributed by atoms with Crippen LogP contribution in [-0.2, 0) is 17.8 Å². The maximum atomic E-state index is 12.5. The van der Waals surface area contributed by atoms with Gasteiger partial charge >= 0.3 is 0 Å². The Balaban J connectivity index is 1.42. The van der Waals surface area contributed by atoms with Crippen LogP contribution in [0.25, 0.3) is 10.9 Å². The maximum Gasteiger partial charge on any atom is 0.222 e. The summed E-state index contributed by atoms with van der Waals surface area (Å²) in [6.07, 6.45) is 7.07. The van der Waals surface area contributed by atoms with Crippen molar-refractivity contribution < 1.29 is 4.79 Å². The van der Waals surface area contributed by atoms with Crippen molar-refractivity contribution in [3.05, 3.63) is 53.2 Å². The van der Waals surface area contributed by atoms with E-state index >= 15 is 0 Å². The van der Waals surface area contributed by atoms with Crippen LogP contribution in [0.15, 0.2) is 30.6 Å². The van der Waals surface area contributed by atoms with Crippen LogP contribution in [0.1, 0.15) is 47.9 Å². The first kappa shape index (κ1) is 16.7. The molecule has 26 heavy (non-hydrogen) atoms. The quantitative estimate of drug-likeness (QED) is 0.786. The van der Waals surface area contributed by atoms with Crippen LogP contribution in [0.2, 0.25) is 0 Å². The third kappa shape index (κ3) is 3.31. The molecule has 1 N–H and O–H groups in total. The van der Waals surface area contributed by atoms with E-state index in [2.05, 4.69) is 45.5 Å². The van der Waals surface area contributed by atoms with Gasteiger partial charge in [-0.1, -0.05) is 11.6 Å². The molecule has 6 heteroatoms. The van der Waals surface area contributed by atoms with E-state index in [1.165, 1.54) is 5.56 Å². The highest BCUT2D eigenvalue weighted by Crippen LogP contribution is 2.28. The van der Waals surface area contributed by atoms with E-state index in [9.17, 15) is 4.79 Å². The molecule has 134 valence electrons. The lowest BCUT2D eigenvalue weighted by Gasteiger charge is -2.25. The Kier molecular flexibility index (Phi) is 4.41. The van der Waals surface area contributed by atoms with E-state index in [1.807, 2.05) is 24.0 Å². The SMILES string of the molecule is Cc1ccc2c(cnn2CCC(=O)N[C@H]2CCCc3nc(C)ncc32)c1. The summed E-state index contributed by atoms with van der Waals surface area (Å²) in [5.74, 6) is 0.829. The molecule has 0 bridgehead atoms. The van der Waals surface area contributed by atoms with Crippen LogP contribution in [0.5, 0.6) is 0 Å². The van der Waals surface area contributed by atoms with Gasteiger partial charge < -0.3 is 5.32 Å². The second-order valence-corrected chi connectivity index (χ2v) is 7.01. The minimum absolute atomic E-state index is 0.0175. The van der Waals surface area contributed by atoms with Crippen LogP contribution in [-0.4, -0.2) is 25.7 Å². The fourth-order valence-corrected chi connectivity index (χ4v) is 3.66. The number of fused-ring (bicyclic) bond motifs is 2. The van der Waals surface area contributed by atoms with Gasteiger partial charge in [0, 0.05) is 29.3 Å². The summed E-state index contributed by atoms with van der Waals surface area (Å²) < 4.78 is 1.90. The zero-order valence-corrected chi connectivity index (χ0v) is 15.2. The Morgan fingerprint density at radius 3 is 3.08 bits per heavy atom. The number of nitrogens with zero attached hydrogens (tertiary/aromatic N) is 4. The predicted octanol–water partition coefficient (Wildman–Crippen LogP) is 3.03. The lowest BCUT2D eigenvalue weighted by atomic mass is 9.92. The average molecular weight is 349 g/mol. The number of benzene rings is 1. The molecule has 2 heterocycles. The van der Waals surface area contributed by atoms with Crippen molar-refractivity contribution in [2.45, 2.75) is 52.1 Å². The molecule has 4 rings (SSSR count). The molecule has 1 aliphatic carbocycles. The Labute approximate surface area is 152 Å². The molecule has 2 aromatic heterocycles. The number of carbonyl (C=O) groups excluding carboxylic acids is 1. The highest BCUT2D eigenvalue weighted by atomic mass is 16.1. The second kappa shape index (κ2) is 6.86. The van der Waals surface area contributed by atoms with Crippen LogP contribution >= 0.6 is 0 Å². The molecule has 0 aliphatic heterocycles. The fourth-order valence-electron chi connectivity index (χ4n) is 3.66.